The highest BCUT2D eigenvalue weighted by Gasteiger charge is 2.19. The molecular formula is C20H23ClN2O4. The number of rotatable bonds is 9. The SMILES string of the molecule is COCCCNC(=O)c1ccccc1NC(=O)[C@H](C)Oc1ccccc1Cl. The van der Waals surface area contributed by atoms with E-state index in [-0.39, 0.29) is 11.8 Å². The quantitative estimate of drug-likeness (QED) is 0.642. The molecule has 0 aliphatic rings. The maximum atomic E-state index is 12.5. The molecule has 2 aromatic carbocycles. The maximum absolute atomic E-state index is 12.5. The zero-order chi connectivity index (χ0) is 19.6. The largest absolute Gasteiger partial charge is 0.479 e. The number of ether oxygens (including phenoxy) is 2. The third-order valence-electron chi connectivity index (χ3n) is 3.75. The van der Waals surface area contributed by atoms with E-state index in [1.807, 2.05) is 0 Å². The fourth-order valence-electron chi connectivity index (χ4n) is 2.32. The number of methoxy groups -OCH3 is 1. The van der Waals surface area contributed by atoms with Crippen LogP contribution in [-0.4, -0.2) is 38.2 Å². The molecule has 2 rings (SSSR count). The summed E-state index contributed by atoms with van der Waals surface area (Å²) in [6.07, 6.45) is -0.0813. The van der Waals surface area contributed by atoms with E-state index in [1.165, 1.54) is 0 Å². The fourth-order valence-corrected chi connectivity index (χ4v) is 2.50. The number of nitrogens with one attached hydrogen (secondary N) is 2. The predicted molar refractivity (Wildman–Crippen MR) is 105 cm³/mol. The monoisotopic (exact) mass is 390 g/mol. The van der Waals surface area contributed by atoms with Crippen LogP contribution in [0, 0.1) is 0 Å². The van der Waals surface area contributed by atoms with Crippen molar-refractivity contribution in [2.24, 2.45) is 0 Å². The standard InChI is InChI=1S/C20H23ClN2O4/c1-14(27-18-11-6-4-9-16(18)21)19(24)23-17-10-5-3-8-15(17)20(25)22-12-7-13-26-2/h3-6,8-11,14H,7,12-13H2,1-2H3,(H,22,25)(H,23,24)/t14-/m0/s1. The third-order valence-corrected chi connectivity index (χ3v) is 4.06. The Morgan fingerprint density at radius 3 is 2.56 bits per heavy atom. The number of amides is 2. The van der Waals surface area contributed by atoms with Crippen LogP contribution in [0.3, 0.4) is 0 Å². The molecule has 0 saturated heterocycles. The summed E-state index contributed by atoms with van der Waals surface area (Å²) in [6.45, 7) is 2.67. The van der Waals surface area contributed by atoms with Crippen LogP contribution < -0.4 is 15.4 Å². The van der Waals surface area contributed by atoms with Gasteiger partial charge in [-0.15, -0.1) is 0 Å². The molecule has 2 amide bonds. The van der Waals surface area contributed by atoms with Crippen molar-refractivity contribution in [3.63, 3.8) is 0 Å². The first kappa shape index (κ1) is 20.7. The second-order valence-electron chi connectivity index (χ2n) is 5.83. The van der Waals surface area contributed by atoms with Crippen molar-refractivity contribution in [3.05, 3.63) is 59.1 Å². The number of halogens is 1. The Labute approximate surface area is 163 Å². The molecule has 1 atom stereocenters. The van der Waals surface area contributed by atoms with E-state index in [4.69, 9.17) is 21.1 Å². The molecule has 2 aromatic rings. The number of para-hydroxylation sites is 2. The number of benzene rings is 2. The number of carbonyl (C=O) groups excluding carboxylic acids is 2. The van der Waals surface area contributed by atoms with Gasteiger partial charge in [0.05, 0.1) is 16.3 Å². The van der Waals surface area contributed by atoms with Gasteiger partial charge in [0.1, 0.15) is 5.75 Å². The fraction of sp³-hybridized carbons (Fsp3) is 0.300. The van der Waals surface area contributed by atoms with Crippen LogP contribution in [0.5, 0.6) is 5.75 Å². The van der Waals surface area contributed by atoms with E-state index in [0.717, 1.165) is 0 Å². The van der Waals surface area contributed by atoms with Crippen molar-refractivity contribution in [2.75, 3.05) is 25.6 Å². The van der Waals surface area contributed by atoms with Crippen molar-refractivity contribution < 1.29 is 19.1 Å². The lowest BCUT2D eigenvalue weighted by Crippen LogP contribution is -2.32. The number of anilines is 1. The maximum Gasteiger partial charge on any atom is 0.265 e. The summed E-state index contributed by atoms with van der Waals surface area (Å²) in [4.78, 5) is 24.8. The van der Waals surface area contributed by atoms with Gasteiger partial charge in [-0.25, -0.2) is 0 Å². The van der Waals surface area contributed by atoms with E-state index < -0.39 is 6.10 Å². The van der Waals surface area contributed by atoms with Gasteiger partial charge < -0.3 is 20.1 Å². The van der Waals surface area contributed by atoms with Gasteiger partial charge in [0.25, 0.3) is 11.8 Å². The van der Waals surface area contributed by atoms with Gasteiger partial charge in [-0.1, -0.05) is 35.9 Å². The summed E-state index contributed by atoms with van der Waals surface area (Å²) < 4.78 is 10.6. The molecule has 6 nitrogen and oxygen atoms in total. The van der Waals surface area contributed by atoms with E-state index in [0.29, 0.717) is 41.6 Å². The first-order chi connectivity index (χ1) is 13.0. The molecule has 0 bridgehead atoms. The average Bonchev–Trinajstić information content (AvgIpc) is 2.67. The lowest BCUT2D eigenvalue weighted by atomic mass is 10.1. The molecular weight excluding hydrogens is 368 g/mol. The summed E-state index contributed by atoms with van der Waals surface area (Å²) in [5.74, 6) is -0.220. The van der Waals surface area contributed by atoms with Crippen LogP contribution >= 0.6 is 11.6 Å². The zero-order valence-electron chi connectivity index (χ0n) is 15.3. The summed E-state index contributed by atoms with van der Waals surface area (Å²) in [7, 11) is 1.61. The van der Waals surface area contributed by atoms with Gasteiger partial charge in [-0.05, 0) is 37.6 Å². The highest BCUT2D eigenvalue weighted by Crippen LogP contribution is 2.24. The van der Waals surface area contributed by atoms with Crippen molar-refractivity contribution in [3.8, 4) is 5.75 Å². The first-order valence-corrected chi connectivity index (χ1v) is 8.99. The van der Waals surface area contributed by atoms with Gasteiger partial charge in [-0.2, -0.15) is 0 Å². The minimum atomic E-state index is -0.789. The molecule has 0 heterocycles. The van der Waals surface area contributed by atoms with Crippen LogP contribution in [0.2, 0.25) is 5.02 Å². The minimum Gasteiger partial charge on any atom is -0.479 e. The lowest BCUT2D eigenvalue weighted by Gasteiger charge is -2.17. The molecule has 0 fully saturated rings. The Bertz CT molecular complexity index is 782. The van der Waals surface area contributed by atoms with Crippen molar-refractivity contribution in [2.45, 2.75) is 19.4 Å². The molecule has 0 unspecified atom stereocenters. The molecule has 144 valence electrons. The van der Waals surface area contributed by atoms with E-state index in [2.05, 4.69) is 10.6 Å². The van der Waals surface area contributed by atoms with E-state index >= 15 is 0 Å². The Kier molecular flexibility index (Phi) is 8.10. The van der Waals surface area contributed by atoms with Gasteiger partial charge in [0, 0.05) is 20.3 Å². The zero-order valence-corrected chi connectivity index (χ0v) is 16.1. The molecule has 0 aromatic heterocycles. The normalized spacial score (nSPS) is 11.5. The Morgan fingerprint density at radius 2 is 1.81 bits per heavy atom. The van der Waals surface area contributed by atoms with Crippen molar-refractivity contribution >= 4 is 29.1 Å². The minimum absolute atomic E-state index is 0.262. The molecule has 27 heavy (non-hydrogen) atoms. The van der Waals surface area contributed by atoms with Crippen LogP contribution in [0.4, 0.5) is 5.69 Å². The molecule has 7 heteroatoms. The molecule has 0 aliphatic carbocycles. The highest BCUT2D eigenvalue weighted by atomic mass is 35.5. The van der Waals surface area contributed by atoms with Crippen LogP contribution in [-0.2, 0) is 9.53 Å². The van der Waals surface area contributed by atoms with Crippen molar-refractivity contribution in [1.82, 2.24) is 5.32 Å². The predicted octanol–water partition coefficient (Wildman–Crippen LogP) is 3.51. The van der Waals surface area contributed by atoms with Crippen molar-refractivity contribution in [1.29, 1.82) is 0 Å². The van der Waals surface area contributed by atoms with Gasteiger partial charge >= 0.3 is 0 Å². The number of hydrogen-bond donors (Lipinski definition) is 2. The summed E-state index contributed by atoms with van der Waals surface area (Å²) in [5, 5.41) is 5.97. The second-order valence-corrected chi connectivity index (χ2v) is 6.23. The van der Waals surface area contributed by atoms with Crippen LogP contribution in [0.15, 0.2) is 48.5 Å². The van der Waals surface area contributed by atoms with Gasteiger partial charge in [0.2, 0.25) is 0 Å². The second kappa shape index (κ2) is 10.5. The summed E-state index contributed by atoms with van der Waals surface area (Å²) in [5.41, 5.74) is 0.801. The highest BCUT2D eigenvalue weighted by molar-refractivity contribution is 6.32. The van der Waals surface area contributed by atoms with E-state index in [9.17, 15) is 9.59 Å². The first-order valence-electron chi connectivity index (χ1n) is 8.61. The lowest BCUT2D eigenvalue weighted by molar-refractivity contribution is -0.122. The molecule has 0 radical (unpaired) electrons. The topological polar surface area (TPSA) is 76.7 Å². The molecule has 0 spiro atoms. The van der Waals surface area contributed by atoms with Crippen LogP contribution in [0.25, 0.3) is 0 Å². The molecule has 0 aliphatic heterocycles. The number of hydrogen-bond acceptors (Lipinski definition) is 4. The van der Waals surface area contributed by atoms with Crippen LogP contribution in [0.1, 0.15) is 23.7 Å². The van der Waals surface area contributed by atoms with E-state index in [1.54, 1.807) is 62.6 Å². The smallest absolute Gasteiger partial charge is 0.265 e. The third kappa shape index (κ3) is 6.27. The summed E-state index contributed by atoms with van der Waals surface area (Å²) in [6, 6.07) is 13.7. The molecule has 2 N–H and O–H groups in total. The Balaban J connectivity index is 2.00. The van der Waals surface area contributed by atoms with Gasteiger partial charge in [-0.3, -0.25) is 9.59 Å². The average molecular weight is 391 g/mol. The Morgan fingerprint density at radius 1 is 1.11 bits per heavy atom. The van der Waals surface area contributed by atoms with Gasteiger partial charge in [0.15, 0.2) is 6.10 Å². The molecule has 0 saturated carbocycles. The number of carbonyl (C=O) groups is 2. The Hall–Kier alpha value is -2.57. The summed E-state index contributed by atoms with van der Waals surface area (Å²) >= 11 is 6.05.